The van der Waals surface area contributed by atoms with Crippen molar-refractivity contribution in [2.24, 2.45) is 11.8 Å². The number of benzene rings is 1. The van der Waals surface area contributed by atoms with Crippen LogP contribution in [0.1, 0.15) is 98.6 Å². The lowest BCUT2D eigenvalue weighted by Crippen LogP contribution is -2.60. The van der Waals surface area contributed by atoms with E-state index < -0.39 is 76.8 Å². The molecule has 466 valence electrons. The molecule has 4 aliphatic heterocycles. The lowest BCUT2D eigenvalue weighted by atomic mass is 9.82. The van der Waals surface area contributed by atoms with Gasteiger partial charge in [0.15, 0.2) is 6.10 Å². The summed E-state index contributed by atoms with van der Waals surface area (Å²) in [6.45, 7) is 20.5. The van der Waals surface area contributed by atoms with Crippen LogP contribution in [0, 0.1) is 18.8 Å². The molecule has 4 N–H and O–H groups in total. The standard InChI is InChI=1S/C44H61ClN4O12S.C13H25NO7/c1-9-46-35(50)13-14-49-37(52)22-33(40(49)53)62-18-17-57-15-16-58-29(6)41(54)60-34-23-36(51)48(8)31-21-30(20-26(3)38(31)45)19-25(2)11-10-12-27(4)44(56)24-32(59-42(55)47-44)28(5)39-43(34,7)61-39;1-3-17-6-7-19-10-11-20-9-8-18-5-4-13(16)21-14-12(2)15/h10-12,20-21,27-29,32-34,39,56H,9,13-19,22-24H2,1-8H3,(H,46,50)(H,47,55);3-11H2,1-2H3,(H,14,15)/b12-10+,25-11+;/t27-,28-,29+,32?,33?,34+,39+,43+,44+;/m1./s1. The van der Waals surface area contributed by atoms with Crippen LogP contribution in [0.3, 0.4) is 0 Å². The Bertz CT molecular complexity index is 2420. The molecule has 2 unspecified atom stereocenters. The van der Waals surface area contributed by atoms with Gasteiger partial charge < -0.3 is 62.8 Å². The van der Waals surface area contributed by atoms with Crippen LogP contribution in [-0.2, 0) is 87.5 Å². The average Bonchev–Trinajstić information content (AvgIpc) is 1.86. The smallest absolute Gasteiger partial charge is 0.409 e. The predicted octanol–water partition coefficient (Wildman–Crippen LogP) is 4.45. The van der Waals surface area contributed by atoms with Gasteiger partial charge in [0.25, 0.3) is 0 Å². The lowest BCUT2D eigenvalue weighted by molar-refractivity contribution is -0.166. The number of likely N-dealkylation sites (tertiary alicyclic amines) is 1. The van der Waals surface area contributed by atoms with Crippen molar-refractivity contribution in [3.63, 3.8) is 0 Å². The van der Waals surface area contributed by atoms with Crippen molar-refractivity contribution in [2.45, 2.75) is 142 Å². The van der Waals surface area contributed by atoms with Crippen LogP contribution in [0.4, 0.5) is 10.5 Å². The van der Waals surface area contributed by atoms with Gasteiger partial charge in [0.05, 0.1) is 101 Å². The maximum atomic E-state index is 14.1. The number of anilines is 1. The van der Waals surface area contributed by atoms with Gasteiger partial charge in [-0.05, 0) is 65.2 Å². The van der Waals surface area contributed by atoms with E-state index in [0.717, 1.165) is 21.6 Å². The van der Waals surface area contributed by atoms with Crippen molar-refractivity contribution < 1.29 is 90.9 Å². The highest BCUT2D eigenvalue weighted by molar-refractivity contribution is 8.00. The molecule has 24 nitrogen and oxygen atoms in total. The molecule has 4 heterocycles. The minimum Gasteiger partial charge on any atom is -0.457 e. The zero-order valence-corrected chi connectivity index (χ0v) is 51.1. The minimum absolute atomic E-state index is 0.0373. The van der Waals surface area contributed by atoms with Crippen LogP contribution in [-0.4, -0.2) is 197 Å². The van der Waals surface area contributed by atoms with Crippen LogP contribution in [0.25, 0.3) is 0 Å². The summed E-state index contributed by atoms with van der Waals surface area (Å²) in [5, 5.41) is 16.8. The molecule has 1 aromatic rings. The van der Waals surface area contributed by atoms with Gasteiger partial charge in [0.1, 0.15) is 23.5 Å². The normalized spacial score (nSPS) is 25.8. The number of epoxide rings is 1. The van der Waals surface area contributed by atoms with Crippen molar-refractivity contribution in [1.29, 1.82) is 0 Å². The lowest BCUT2D eigenvalue weighted by Gasteiger charge is -2.41. The maximum absolute atomic E-state index is 14.1. The molecular weight excluding hydrogens is 1130 g/mol. The number of fused-ring (bicyclic) bond motifs is 5. The Labute approximate surface area is 495 Å². The summed E-state index contributed by atoms with van der Waals surface area (Å²) in [7, 11) is 1.62. The highest BCUT2D eigenvalue weighted by atomic mass is 35.5. The third-order valence-corrected chi connectivity index (χ3v) is 15.7. The second-order valence-corrected chi connectivity index (χ2v) is 22.4. The zero-order valence-electron chi connectivity index (χ0n) is 49.5. The molecule has 0 saturated carbocycles. The number of ether oxygens (including phenoxy) is 9. The van der Waals surface area contributed by atoms with Gasteiger partial charge >= 0.3 is 18.0 Å². The van der Waals surface area contributed by atoms with Crippen LogP contribution in [0.2, 0.25) is 5.02 Å². The molecule has 9 atom stereocenters. The Hall–Kier alpha value is -5.22. The summed E-state index contributed by atoms with van der Waals surface area (Å²) in [6, 6.07) is 3.83. The van der Waals surface area contributed by atoms with Gasteiger partial charge in [-0.2, -0.15) is 5.48 Å². The number of alkyl carbamates (subject to hydrolysis) is 1. The molecule has 4 bridgehead atoms. The molecule has 4 aliphatic rings. The van der Waals surface area contributed by atoms with E-state index in [1.165, 1.54) is 30.5 Å². The molecular formula is C57H86ClN5O19S. The molecule has 3 fully saturated rings. The molecule has 0 radical (unpaired) electrons. The van der Waals surface area contributed by atoms with Crippen LogP contribution < -0.4 is 21.0 Å². The van der Waals surface area contributed by atoms with E-state index >= 15 is 0 Å². The third-order valence-electron chi connectivity index (χ3n) is 14.0. The fourth-order valence-electron chi connectivity index (χ4n) is 9.14. The minimum atomic E-state index is -1.62. The van der Waals surface area contributed by atoms with Crippen LogP contribution >= 0.6 is 23.4 Å². The number of amides is 6. The molecule has 6 amide bonds. The molecule has 0 aromatic heterocycles. The maximum Gasteiger partial charge on any atom is 0.409 e. The molecule has 26 heteroatoms. The molecule has 0 spiro atoms. The third kappa shape index (κ3) is 22.9. The van der Waals surface area contributed by atoms with Gasteiger partial charge in [-0.25, -0.2) is 14.4 Å². The van der Waals surface area contributed by atoms with E-state index in [1.54, 1.807) is 20.9 Å². The van der Waals surface area contributed by atoms with Crippen molar-refractivity contribution in [3.8, 4) is 0 Å². The Morgan fingerprint density at radius 3 is 2.22 bits per heavy atom. The number of hydrogen-bond acceptors (Lipinski definition) is 20. The number of allylic oxidation sites excluding steroid dienone is 3. The number of imide groups is 1. The number of nitrogens with zero attached hydrogens (tertiary/aromatic N) is 2. The molecule has 1 aromatic carbocycles. The van der Waals surface area contributed by atoms with E-state index in [0.29, 0.717) is 75.7 Å². The first-order valence-corrected chi connectivity index (χ1v) is 29.5. The van der Waals surface area contributed by atoms with E-state index in [1.807, 2.05) is 70.5 Å². The van der Waals surface area contributed by atoms with Crippen molar-refractivity contribution in [1.82, 2.24) is 21.0 Å². The first-order valence-electron chi connectivity index (χ1n) is 28.1. The highest BCUT2D eigenvalue weighted by Gasteiger charge is 2.64. The van der Waals surface area contributed by atoms with Gasteiger partial charge in [-0.3, -0.25) is 34.2 Å². The van der Waals surface area contributed by atoms with Gasteiger partial charge in [-0.15, -0.1) is 11.8 Å². The largest absolute Gasteiger partial charge is 0.457 e. The number of rotatable bonds is 27. The summed E-state index contributed by atoms with van der Waals surface area (Å²) < 4.78 is 50.2. The van der Waals surface area contributed by atoms with E-state index in [-0.39, 0.29) is 88.7 Å². The predicted molar refractivity (Wildman–Crippen MR) is 306 cm³/mol. The number of hydroxylamine groups is 1. The molecule has 3 saturated heterocycles. The van der Waals surface area contributed by atoms with Gasteiger partial charge in [-0.1, -0.05) is 55.3 Å². The molecule has 83 heavy (non-hydrogen) atoms. The van der Waals surface area contributed by atoms with E-state index in [2.05, 4.69) is 15.5 Å². The fourth-order valence-corrected chi connectivity index (χ4v) is 10.4. The van der Waals surface area contributed by atoms with E-state index in [4.69, 9.17) is 54.2 Å². The fraction of sp³-hybridized carbons (Fsp3) is 0.684. The number of carbonyl (C=O) groups excluding carboxylic acids is 8. The first kappa shape index (κ1) is 70.3. The second kappa shape index (κ2) is 35.3. The number of halogens is 1. The Kier molecular flexibility index (Phi) is 29.9. The number of thioether (sulfide) groups is 1. The van der Waals surface area contributed by atoms with E-state index in [9.17, 15) is 43.5 Å². The first-order chi connectivity index (χ1) is 39.4. The summed E-state index contributed by atoms with van der Waals surface area (Å²) >= 11 is 8.09. The summed E-state index contributed by atoms with van der Waals surface area (Å²) in [5.74, 6) is -3.45. The van der Waals surface area contributed by atoms with Crippen molar-refractivity contribution in [2.75, 3.05) is 103 Å². The number of aryl methyl sites for hydroxylation is 1. The molecule has 5 rings (SSSR count). The number of hydrogen-bond donors (Lipinski definition) is 4. The topological polar surface area (TPSA) is 295 Å². The van der Waals surface area contributed by atoms with Crippen LogP contribution in [0.15, 0.2) is 35.9 Å². The SMILES string of the molecule is CCNC(=O)CCN1C(=O)CC(SCCOCCO[C@@H](C)C(=O)O[C@H]2CC(=O)N(C)c3cc(cc(C)c3Cl)C/C(C)=C/C=C/[C@@H](C)[C@@]3(O)CC(OC(=O)N3)[C@@H](C)[C@@H]3O[C@@]23C)C1=O.CCOCCOCCOCCOCCC(=O)ONC(C)=O. The zero-order chi connectivity index (χ0) is 61.3. The monoisotopic (exact) mass is 1210 g/mol. The quantitative estimate of drug-likeness (QED) is 0.0236. The number of carbonyl (C=O) groups is 8. The van der Waals surface area contributed by atoms with Crippen molar-refractivity contribution >= 4 is 76.6 Å². The summed E-state index contributed by atoms with van der Waals surface area (Å²) in [4.78, 5) is 106. The average molecular weight is 1210 g/mol. The number of nitrogens with one attached hydrogen (secondary N) is 3. The highest BCUT2D eigenvalue weighted by Crippen LogP contribution is 2.49. The summed E-state index contributed by atoms with van der Waals surface area (Å²) in [5.41, 5.74) is 2.38. The Morgan fingerprint density at radius 2 is 1.55 bits per heavy atom. The molecule has 0 aliphatic carbocycles. The van der Waals surface area contributed by atoms with Gasteiger partial charge in [0, 0.05) is 70.5 Å². The van der Waals surface area contributed by atoms with Gasteiger partial charge in [0.2, 0.25) is 29.5 Å². The van der Waals surface area contributed by atoms with Crippen LogP contribution in [0.5, 0.6) is 0 Å². The second-order valence-electron chi connectivity index (χ2n) is 20.7. The Balaban J connectivity index is 0.000000596. The Morgan fingerprint density at radius 1 is 0.904 bits per heavy atom. The van der Waals surface area contributed by atoms with Crippen molar-refractivity contribution in [3.05, 3.63) is 52.1 Å². The number of esters is 1. The summed E-state index contributed by atoms with van der Waals surface area (Å²) in [6.07, 6.45) is 1.85. The number of aliphatic hydroxyl groups is 1.